The Balaban J connectivity index is 1.97. The van der Waals surface area contributed by atoms with E-state index in [9.17, 15) is 5.11 Å². The van der Waals surface area contributed by atoms with Crippen molar-refractivity contribution in [3.05, 3.63) is 35.9 Å². The van der Waals surface area contributed by atoms with E-state index in [1.807, 2.05) is 30.3 Å². The van der Waals surface area contributed by atoms with Gasteiger partial charge in [-0.2, -0.15) is 0 Å². The van der Waals surface area contributed by atoms with Crippen molar-refractivity contribution in [1.29, 1.82) is 0 Å². The standard InChI is InChI=1S/C18H29NO/c1-14(17(20)15-8-6-5-7-9-15)19(4)16-10-12-18(2,3)13-11-16/h5-9,14,16-17,20H,10-13H2,1-4H3. The van der Waals surface area contributed by atoms with Crippen LogP contribution in [0.5, 0.6) is 0 Å². The molecule has 0 spiro atoms. The van der Waals surface area contributed by atoms with Crippen LogP contribution in [0.1, 0.15) is 58.1 Å². The van der Waals surface area contributed by atoms with Crippen LogP contribution < -0.4 is 0 Å². The zero-order valence-electron chi connectivity index (χ0n) is 13.3. The van der Waals surface area contributed by atoms with Gasteiger partial charge in [-0.25, -0.2) is 0 Å². The first-order valence-electron chi connectivity index (χ1n) is 7.86. The Bertz CT molecular complexity index is 405. The van der Waals surface area contributed by atoms with E-state index in [2.05, 4.69) is 32.7 Å². The van der Waals surface area contributed by atoms with E-state index in [1.165, 1.54) is 25.7 Å². The fourth-order valence-corrected chi connectivity index (χ4v) is 3.28. The minimum absolute atomic E-state index is 0.156. The van der Waals surface area contributed by atoms with Crippen LogP contribution in [0, 0.1) is 5.41 Å². The summed E-state index contributed by atoms with van der Waals surface area (Å²) in [5.74, 6) is 0. The number of rotatable bonds is 4. The Kier molecular flexibility index (Phi) is 4.87. The van der Waals surface area contributed by atoms with Gasteiger partial charge < -0.3 is 5.11 Å². The monoisotopic (exact) mass is 275 g/mol. The first-order chi connectivity index (χ1) is 9.41. The van der Waals surface area contributed by atoms with Crippen LogP contribution in [0.2, 0.25) is 0 Å². The van der Waals surface area contributed by atoms with E-state index in [0.717, 1.165) is 5.56 Å². The fraction of sp³-hybridized carbons (Fsp3) is 0.667. The molecule has 1 saturated carbocycles. The lowest BCUT2D eigenvalue weighted by Crippen LogP contribution is -2.44. The molecule has 1 N–H and O–H groups in total. The van der Waals surface area contributed by atoms with Crippen LogP contribution in [0.4, 0.5) is 0 Å². The SMILES string of the molecule is CC(C(O)c1ccccc1)N(C)C1CCC(C)(C)CC1. The highest BCUT2D eigenvalue weighted by atomic mass is 16.3. The predicted octanol–water partition coefficient (Wildman–Crippen LogP) is 4.01. The summed E-state index contributed by atoms with van der Waals surface area (Å²) >= 11 is 0. The summed E-state index contributed by atoms with van der Waals surface area (Å²) < 4.78 is 0. The number of aliphatic hydroxyl groups excluding tert-OH is 1. The van der Waals surface area contributed by atoms with Crippen LogP contribution in [-0.4, -0.2) is 29.1 Å². The molecule has 0 bridgehead atoms. The zero-order valence-corrected chi connectivity index (χ0v) is 13.3. The Morgan fingerprint density at radius 1 is 1.15 bits per heavy atom. The topological polar surface area (TPSA) is 23.5 Å². The molecule has 1 aromatic rings. The molecule has 2 heteroatoms. The average Bonchev–Trinajstić information content (AvgIpc) is 2.46. The molecule has 112 valence electrons. The van der Waals surface area contributed by atoms with Gasteiger partial charge in [0.1, 0.15) is 0 Å². The van der Waals surface area contributed by atoms with Crippen molar-refractivity contribution in [3.8, 4) is 0 Å². The third-order valence-corrected chi connectivity index (χ3v) is 5.13. The second kappa shape index (κ2) is 6.28. The number of nitrogens with zero attached hydrogens (tertiary/aromatic N) is 1. The van der Waals surface area contributed by atoms with Crippen LogP contribution in [0.3, 0.4) is 0 Å². The zero-order chi connectivity index (χ0) is 14.8. The summed E-state index contributed by atoms with van der Waals surface area (Å²) in [6.45, 7) is 6.87. The molecule has 0 radical (unpaired) electrons. The average molecular weight is 275 g/mol. The summed E-state index contributed by atoms with van der Waals surface area (Å²) in [6, 6.07) is 10.8. The van der Waals surface area contributed by atoms with Crippen LogP contribution in [0.15, 0.2) is 30.3 Å². The van der Waals surface area contributed by atoms with Gasteiger partial charge in [0.15, 0.2) is 0 Å². The molecular weight excluding hydrogens is 246 g/mol. The fourth-order valence-electron chi connectivity index (χ4n) is 3.28. The third-order valence-electron chi connectivity index (χ3n) is 5.13. The number of hydrogen-bond acceptors (Lipinski definition) is 2. The van der Waals surface area contributed by atoms with E-state index in [4.69, 9.17) is 0 Å². The van der Waals surface area contributed by atoms with Gasteiger partial charge in [-0.05, 0) is 50.6 Å². The lowest BCUT2D eigenvalue weighted by molar-refractivity contribution is 0.0264. The second-order valence-electron chi connectivity index (χ2n) is 7.16. The maximum Gasteiger partial charge on any atom is 0.0942 e. The first kappa shape index (κ1) is 15.5. The number of likely N-dealkylation sites (N-methyl/N-ethyl adjacent to an activating group) is 1. The highest BCUT2D eigenvalue weighted by Gasteiger charge is 2.32. The normalized spacial score (nSPS) is 22.7. The van der Waals surface area contributed by atoms with Gasteiger partial charge in [0.2, 0.25) is 0 Å². The minimum atomic E-state index is -0.406. The van der Waals surface area contributed by atoms with Crippen molar-refractivity contribution in [2.45, 2.75) is 64.6 Å². The Hall–Kier alpha value is -0.860. The molecule has 2 rings (SSSR count). The van der Waals surface area contributed by atoms with Crippen LogP contribution >= 0.6 is 0 Å². The second-order valence-corrected chi connectivity index (χ2v) is 7.16. The highest BCUT2D eigenvalue weighted by Crippen LogP contribution is 2.37. The molecule has 0 saturated heterocycles. The molecule has 1 aliphatic carbocycles. The highest BCUT2D eigenvalue weighted by molar-refractivity contribution is 5.18. The van der Waals surface area contributed by atoms with E-state index in [-0.39, 0.29) is 6.04 Å². The van der Waals surface area contributed by atoms with Crippen LogP contribution in [0.25, 0.3) is 0 Å². The smallest absolute Gasteiger partial charge is 0.0942 e. The maximum absolute atomic E-state index is 10.6. The minimum Gasteiger partial charge on any atom is -0.387 e. The van der Waals surface area contributed by atoms with Crippen LogP contribution in [-0.2, 0) is 0 Å². The molecule has 0 aliphatic heterocycles. The molecule has 2 atom stereocenters. The lowest BCUT2D eigenvalue weighted by Gasteiger charge is -2.42. The summed E-state index contributed by atoms with van der Waals surface area (Å²) in [4.78, 5) is 2.38. The molecule has 1 aromatic carbocycles. The van der Waals surface area contributed by atoms with E-state index in [1.54, 1.807) is 0 Å². The van der Waals surface area contributed by atoms with Gasteiger partial charge in [-0.3, -0.25) is 4.90 Å². The largest absolute Gasteiger partial charge is 0.387 e. The van der Waals surface area contributed by atoms with E-state index in [0.29, 0.717) is 11.5 Å². The molecule has 1 fully saturated rings. The number of benzene rings is 1. The molecule has 2 unspecified atom stereocenters. The van der Waals surface area contributed by atoms with E-state index >= 15 is 0 Å². The molecule has 2 nitrogen and oxygen atoms in total. The molecule has 1 aliphatic rings. The van der Waals surface area contributed by atoms with Crippen molar-refractivity contribution >= 4 is 0 Å². The van der Waals surface area contributed by atoms with Gasteiger partial charge in [-0.15, -0.1) is 0 Å². The van der Waals surface area contributed by atoms with Gasteiger partial charge in [0.25, 0.3) is 0 Å². The molecular formula is C18H29NO. The van der Waals surface area contributed by atoms with Crippen molar-refractivity contribution in [3.63, 3.8) is 0 Å². The predicted molar refractivity (Wildman–Crippen MR) is 84.7 cm³/mol. The molecule has 20 heavy (non-hydrogen) atoms. The number of hydrogen-bond donors (Lipinski definition) is 1. The molecule has 0 amide bonds. The van der Waals surface area contributed by atoms with Crippen molar-refractivity contribution in [1.82, 2.24) is 4.90 Å². The quantitative estimate of drug-likeness (QED) is 0.897. The Morgan fingerprint density at radius 3 is 2.25 bits per heavy atom. The third kappa shape index (κ3) is 3.62. The van der Waals surface area contributed by atoms with Gasteiger partial charge in [0, 0.05) is 12.1 Å². The van der Waals surface area contributed by atoms with Crippen molar-refractivity contribution in [2.24, 2.45) is 5.41 Å². The summed E-state index contributed by atoms with van der Waals surface area (Å²) in [5, 5.41) is 10.6. The molecule has 0 heterocycles. The Labute approximate surface area is 123 Å². The van der Waals surface area contributed by atoms with Crippen molar-refractivity contribution in [2.75, 3.05) is 7.05 Å². The van der Waals surface area contributed by atoms with Gasteiger partial charge in [0.05, 0.1) is 6.10 Å². The summed E-state index contributed by atoms with van der Waals surface area (Å²) in [7, 11) is 2.17. The number of aliphatic hydroxyl groups is 1. The van der Waals surface area contributed by atoms with Crippen molar-refractivity contribution < 1.29 is 5.11 Å². The maximum atomic E-state index is 10.6. The summed E-state index contributed by atoms with van der Waals surface area (Å²) in [5.41, 5.74) is 1.52. The van der Waals surface area contributed by atoms with E-state index < -0.39 is 6.10 Å². The first-order valence-corrected chi connectivity index (χ1v) is 7.86. The molecule has 0 aromatic heterocycles. The summed E-state index contributed by atoms with van der Waals surface area (Å²) in [6.07, 6.45) is 4.66. The van der Waals surface area contributed by atoms with Gasteiger partial charge >= 0.3 is 0 Å². The Morgan fingerprint density at radius 2 is 1.70 bits per heavy atom. The lowest BCUT2D eigenvalue weighted by atomic mass is 9.75. The van der Waals surface area contributed by atoms with Gasteiger partial charge in [-0.1, -0.05) is 44.2 Å².